The van der Waals surface area contributed by atoms with Gasteiger partial charge >= 0.3 is 24.2 Å². The van der Waals surface area contributed by atoms with Gasteiger partial charge in [0.15, 0.2) is 11.9 Å². The molecule has 0 aromatic heterocycles. The van der Waals surface area contributed by atoms with Crippen LogP contribution >= 0.6 is 0 Å². The summed E-state index contributed by atoms with van der Waals surface area (Å²) in [5.74, 6) is -12.6. The van der Waals surface area contributed by atoms with Gasteiger partial charge in [-0.05, 0) is 36.4 Å². The van der Waals surface area contributed by atoms with Crippen LogP contribution in [-0.4, -0.2) is 36.0 Å². The van der Waals surface area contributed by atoms with Gasteiger partial charge in [-0.2, -0.15) is 43.9 Å². The molecule has 1 unspecified atom stereocenters. The van der Waals surface area contributed by atoms with Crippen LogP contribution in [-0.2, 0) is 5.92 Å². The number of ether oxygens (including phenoxy) is 1. The summed E-state index contributed by atoms with van der Waals surface area (Å²) in [6.07, 6.45) is -14.8. The van der Waals surface area contributed by atoms with Crippen molar-refractivity contribution in [3.8, 4) is 17.2 Å². The molecule has 0 aliphatic rings. The Hall–Kier alpha value is -3.68. The second-order valence-corrected chi connectivity index (χ2v) is 7.80. The van der Waals surface area contributed by atoms with Gasteiger partial charge < -0.3 is 14.7 Å². The van der Waals surface area contributed by atoms with Crippen LogP contribution in [0.15, 0.2) is 78.9 Å². The second kappa shape index (κ2) is 10.6. The molecule has 14 heteroatoms. The summed E-state index contributed by atoms with van der Waals surface area (Å²) < 4.78 is 138. The summed E-state index contributed by atoms with van der Waals surface area (Å²) in [6.45, 7) is -1.34. The predicted octanol–water partition coefficient (Wildman–Crippen LogP) is 7.49. The SMILES string of the molecule is OC(CN(Oc1cccc(C(F)(F)C(F)(F)C(F)(F)F)c1)c1cccc(Oc2ccccc2)c1)C(F)(F)F. The number of anilines is 1. The molecule has 0 saturated carbocycles. The molecule has 0 amide bonds. The number of aliphatic hydroxyl groups excluding tert-OH is 1. The fourth-order valence-corrected chi connectivity index (χ4v) is 3.02. The Kier molecular flexibility index (Phi) is 8.05. The molecular weight excluding hydrogens is 540 g/mol. The molecule has 3 aromatic carbocycles. The average molecular weight is 557 g/mol. The van der Waals surface area contributed by atoms with Crippen LogP contribution in [0.5, 0.6) is 17.2 Å². The number of benzene rings is 3. The number of halogens is 10. The Bertz CT molecular complexity index is 1220. The minimum absolute atomic E-state index is 0.0777. The Balaban J connectivity index is 1.96. The van der Waals surface area contributed by atoms with Crippen LogP contribution in [0.2, 0.25) is 0 Å². The normalized spacial score (nSPS) is 13.7. The van der Waals surface area contributed by atoms with Gasteiger partial charge in [-0.3, -0.25) is 0 Å². The lowest BCUT2D eigenvalue weighted by Gasteiger charge is -2.30. The van der Waals surface area contributed by atoms with Crippen molar-refractivity contribution in [2.45, 2.75) is 30.3 Å². The van der Waals surface area contributed by atoms with E-state index in [0.717, 1.165) is 12.1 Å². The van der Waals surface area contributed by atoms with E-state index in [1.165, 1.54) is 18.2 Å². The van der Waals surface area contributed by atoms with Gasteiger partial charge in [0.2, 0.25) is 0 Å². The van der Waals surface area contributed by atoms with Gasteiger partial charge in [-0.1, -0.05) is 36.4 Å². The van der Waals surface area contributed by atoms with Crippen LogP contribution in [0.25, 0.3) is 0 Å². The zero-order chi connectivity index (χ0) is 28.4. The zero-order valence-electron chi connectivity index (χ0n) is 18.8. The fraction of sp³-hybridized carbons (Fsp3) is 0.250. The van der Waals surface area contributed by atoms with Crippen molar-refractivity contribution in [1.82, 2.24) is 0 Å². The maximum Gasteiger partial charge on any atom is 0.460 e. The molecule has 0 heterocycles. The molecule has 1 N–H and O–H groups in total. The minimum Gasteiger partial charge on any atom is -0.457 e. The van der Waals surface area contributed by atoms with Crippen LogP contribution < -0.4 is 14.6 Å². The third-order valence-corrected chi connectivity index (χ3v) is 4.96. The first-order valence-corrected chi connectivity index (χ1v) is 10.5. The van der Waals surface area contributed by atoms with Crippen molar-refractivity contribution < 1.29 is 58.6 Å². The molecule has 38 heavy (non-hydrogen) atoms. The highest BCUT2D eigenvalue weighted by Crippen LogP contribution is 2.52. The predicted molar refractivity (Wildman–Crippen MR) is 114 cm³/mol. The van der Waals surface area contributed by atoms with E-state index in [9.17, 15) is 49.0 Å². The Morgan fingerprint density at radius 3 is 1.87 bits per heavy atom. The highest BCUT2D eigenvalue weighted by molar-refractivity contribution is 5.51. The lowest BCUT2D eigenvalue weighted by Crippen LogP contribution is -2.50. The molecule has 0 fully saturated rings. The van der Waals surface area contributed by atoms with E-state index >= 15 is 0 Å². The molecular formula is C24H17F10NO3. The molecule has 0 saturated heterocycles. The van der Waals surface area contributed by atoms with Gasteiger partial charge in [0, 0.05) is 11.6 Å². The van der Waals surface area contributed by atoms with Crippen molar-refractivity contribution in [2.75, 3.05) is 11.6 Å². The van der Waals surface area contributed by atoms with Crippen molar-refractivity contribution in [3.63, 3.8) is 0 Å². The highest BCUT2D eigenvalue weighted by atomic mass is 19.4. The number of hydrogen-bond donors (Lipinski definition) is 1. The first-order valence-electron chi connectivity index (χ1n) is 10.5. The van der Waals surface area contributed by atoms with Gasteiger partial charge in [0.1, 0.15) is 11.5 Å². The number of hydroxylamine groups is 1. The number of aliphatic hydroxyl groups is 1. The topological polar surface area (TPSA) is 41.9 Å². The standard InChI is InChI=1S/C24H17F10NO3/c25-21(26,23(30,31)24(32,33)34)15-6-4-11-19(12-15)38-35(14-20(36)22(27,28)29)16-7-5-10-18(13-16)37-17-8-2-1-3-9-17/h1-13,20,36H,14H2. The lowest BCUT2D eigenvalue weighted by molar-refractivity contribution is -0.359. The number of rotatable bonds is 9. The van der Waals surface area contributed by atoms with Crippen LogP contribution in [0, 0.1) is 0 Å². The Morgan fingerprint density at radius 1 is 0.684 bits per heavy atom. The summed E-state index contributed by atoms with van der Waals surface area (Å²) in [5.41, 5.74) is -2.02. The third kappa shape index (κ3) is 6.41. The molecule has 4 nitrogen and oxygen atoms in total. The largest absolute Gasteiger partial charge is 0.460 e. The van der Waals surface area contributed by atoms with E-state index in [2.05, 4.69) is 0 Å². The summed E-state index contributed by atoms with van der Waals surface area (Å²) in [5, 5.41) is 9.96. The highest BCUT2D eigenvalue weighted by Gasteiger charge is 2.73. The second-order valence-electron chi connectivity index (χ2n) is 7.80. The molecule has 0 aliphatic carbocycles. The monoisotopic (exact) mass is 557 g/mol. The molecule has 0 bridgehead atoms. The van der Waals surface area contributed by atoms with Crippen LogP contribution in [0.3, 0.4) is 0 Å². The van der Waals surface area contributed by atoms with E-state index < -0.39 is 48.2 Å². The van der Waals surface area contributed by atoms with E-state index in [-0.39, 0.29) is 23.6 Å². The number of alkyl halides is 10. The summed E-state index contributed by atoms with van der Waals surface area (Å²) in [7, 11) is 0. The van der Waals surface area contributed by atoms with Gasteiger partial charge in [-0.15, -0.1) is 0 Å². The van der Waals surface area contributed by atoms with Crippen molar-refractivity contribution in [2.24, 2.45) is 0 Å². The number of nitrogens with zero attached hydrogens (tertiary/aromatic N) is 1. The molecule has 3 rings (SSSR count). The molecule has 0 radical (unpaired) electrons. The quantitative estimate of drug-likeness (QED) is 0.219. The van der Waals surface area contributed by atoms with E-state index in [1.807, 2.05) is 0 Å². The minimum atomic E-state index is -6.60. The average Bonchev–Trinajstić information content (AvgIpc) is 2.83. The van der Waals surface area contributed by atoms with Crippen molar-refractivity contribution in [1.29, 1.82) is 0 Å². The number of para-hydroxylation sites is 1. The third-order valence-electron chi connectivity index (χ3n) is 4.96. The maximum atomic E-state index is 14.2. The van der Waals surface area contributed by atoms with Crippen molar-refractivity contribution >= 4 is 5.69 Å². The smallest absolute Gasteiger partial charge is 0.457 e. The number of hydrogen-bond acceptors (Lipinski definition) is 4. The van der Waals surface area contributed by atoms with Gasteiger partial charge in [0.05, 0.1) is 12.2 Å². The maximum absolute atomic E-state index is 14.2. The van der Waals surface area contributed by atoms with E-state index in [1.54, 1.807) is 30.3 Å². The van der Waals surface area contributed by atoms with E-state index in [4.69, 9.17) is 9.57 Å². The molecule has 0 aliphatic heterocycles. The van der Waals surface area contributed by atoms with Gasteiger partial charge in [-0.25, -0.2) is 5.06 Å². The lowest BCUT2D eigenvalue weighted by atomic mass is 10.0. The fourth-order valence-electron chi connectivity index (χ4n) is 3.02. The Morgan fingerprint density at radius 2 is 1.26 bits per heavy atom. The first kappa shape index (κ1) is 28.9. The van der Waals surface area contributed by atoms with E-state index in [0.29, 0.717) is 16.9 Å². The van der Waals surface area contributed by atoms with Gasteiger partial charge in [0.25, 0.3) is 0 Å². The molecule has 1 atom stereocenters. The summed E-state index contributed by atoms with van der Waals surface area (Å²) >= 11 is 0. The molecule has 3 aromatic rings. The van der Waals surface area contributed by atoms with Crippen LogP contribution in [0.1, 0.15) is 5.56 Å². The Labute approximate surface area is 208 Å². The molecule has 0 spiro atoms. The first-order chi connectivity index (χ1) is 17.5. The summed E-state index contributed by atoms with van der Waals surface area (Å²) in [4.78, 5) is 5.16. The summed E-state index contributed by atoms with van der Waals surface area (Å²) in [6, 6.07) is 15.1. The zero-order valence-corrected chi connectivity index (χ0v) is 18.8. The van der Waals surface area contributed by atoms with Crippen LogP contribution in [0.4, 0.5) is 49.6 Å². The van der Waals surface area contributed by atoms with Crippen molar-refractivity contribution in [3.05, 3.63) is 84.4 Å². The molecule has 206 valence electrons.